The molecule has 0 aliphatic rings. The third-order valence-electron chi connectivity index (χ3n) is 12.0. The Hall–Kier alpha value is -0.780. The topological polar surface area (TPSA) is 55.8 Å². The first-order valence-electron chi connectivity index (χ1n) is 26.2. The number of carbonyl (C=O) groups is 1. The van der Waals surface area contributed by atoms with Gasteiger partial charge in [-0.3, -0.25) is 4.79 Å². The maximum absolute atomic E-state index is 12.6. The minimum Gasteiger partial charge on any atom is -0.463 e. The number of rotatable bonds is 49. The van der Waals surface area contributed by atoms with Gasteiger partial charge < -0.3 is 14.6 Å². The van der Waals surface area contributed by atoms with E-state index in [1.54, 1.807) is 0 Å². The Labute approximate surface area is 369 Å². The fourth-order valence-electron chi connectivity index (χ4n) is 8.06. The lowest BCUT2D eigenvalue weighted by Crippen LogP contribution is -2.39. The molecule has 1 N–H and O–H groups in total. The van der Waals surface area contributed by atoms with Gasteiger partial charge in [-0.2, -0.15) is 0 Å². The van der Waals surface area contributed by atoms with E-state index in [1.165, 1.54) is 225 Å². The van der Waals surface area contributed by atoms with Crippen molar-refractivity contribution in [3.05, 3.63) is 12.2 Å². The molecule has 2 unspecified atom stereocenters. The predicted molar refractivity (Wildman–Crippen MR) is 259 cm³/mol. The molecule has 0 spiro atoms. The molecule has 0 radical (unpaired) electrons. The molecule has 4 nitrogen and oxygen atoms in total. The van der Waals surface area contributed by atoms with E-state index >= 15 is 0 Å². The standard InChI is InChI=1S/C53H102O4S/c1-4-7-10-13-16-19-22-25-26-27-30-33-36-39-42-45-48-56-53(51(58)46-43-40-37-34-31-28-23-20-17-14-11-8-5-2)50(54)49-57-52(55)47-44-41-38-35-32-29-24-21-18-15-12-9-6-3/h25-26,50,53-54H,4-24,27-49H2,1-3H3/b26-25-. The molecule has 0 heterocycles. The van der Waals surface area contributed by atoms with Crippen LogP contribution in [0.2, 0.25) is 0 Å². The molecule has 0 aromatic carbocycles. The zero-order valence-electron chi connectivity index (χ0n) is 39.5. The quantitative estimate of drug-likeness (QED) is 0.0286. The second kappa shape index (κ2) is 48.9. The van der Waals surface area contributed by atoms with Crippen LogP contribution < -0.4 is 0 Å². The van der Waals surface area contributed by atoms with Crippen molar-refractivity contribution in [2.45, 2.75) is 303 Å². The Morgan fingerprint density at radius 2 is 0.759 bits per heavy atom. The third-order valence-corrected chi connectivity index (χ3v) is 12.5. The van der Waals surface area contributed by atoms with Crippen LogP contribution in [0.25, 0.3) is 0 Å². The van der Waals surface area contributed by atoms with E-state index in [-0.39, 0.29) is 12.6 Å². The van der Waals surface area contributed by atoms with Gasteiger partial charge in [-0.05, 0) is 51.4 Å². The summed E-state index contributed by atoms with van der Waals surface area (Å²) in [5.74, 6) is -0.212. The van der Waals surface area contributed by atoms with E-state index in [4.69, 9.17) is 21.7 Å². The summed E-state index contributed by atoms with van der Waals surface area (Å²) in [7, 11) is 0. The van der Waals surface area contributed by atoms with Crippen molar-refractivity contribution in [1.29, 1.82) is 0 Å². The van der Waals surface area contributed by atoms with E-state index in [9.17, 15) is 9.90 Å². The molecule has 0 rings (SSSR count). The Balaban J connectivity index is 4.34. The average Bonchev–Trinajstić information content (AvgIpc) is 3.22. The molecular formula is C53H102O4S. The maximum Gasteiger partial charge on any atom is 0.305 e. The minimum absolute atomic E-state index is 0.0336. The Morgan fingerprint density at radius 1 is 0.448 bits per heavy atom. The van der Waals surface area contributed by atoms with Gasteiger partial charge in [-0.15, -0.1) is 0 Å². The SMILES string of the molecule is CCCCCCCC/C=C\CCCCCCCCOC(C(=S)CCCCCCCCCCCCCCC)C(O)COC(=O)CCCCCCCCCCCCCCC. The van der Waals surface area contributed by atoms with Gasteiger partial charge in [0.1, 0.15) is 18.8 Å². The average molecular weight is 835 g/mol. The highest BCUT2D eigenvalue weighted by molar-refractivity contribution is 7.80. The Bertz CT molecular complexity index is 859. The molecule has 2 atom stereocenters. The van der Waals surface area contributed by atoms with Crippen molar-refractivity contribution in [1.82, 2.24) is 0 Å². The van der Waals surface area contributed by atoms with Gasteiger partial charge >= 0.3 is 5.97 Å². The van der Waals surface area contributed by atoms with Crippen molar-refractivity contribution < 1.29 is 19.4 Å². The fourth-order valence-corrected chi connectivity index (χ4v) is 8.43. The van der Waals surface area contributed by atoms with E-state index in [1.807, 2.05) is 0 Å². The molecule has 0 aliphatic carbocycles. The van der Waals surface area contributed by atoms with E-state index < -0.39 is 12.2 Å². The Kier molecular flexibility index (Phi) is 48.2. The molecule has 0 bridgehead atoms. The van der Waals surface area contributed by atoms with Crippen LogP contribution in [0, 0.1) is 0 Å². The smallest absolute Gasteiger partial charge is 0.305 e. The van der Waals surface area contributed by atoms with Crippen LogP contribution in [-0.4, -0.2) is 41.4 Å². The number of esters is 1. The van der Waals surface area contributed by atoms with Crippen LogP contribution >= 0.6 is 12.2 Å². The number of hydrogen-bond donors (Lipinski definition) is 1. The maximum atomic E-state index is 12.6. The van der Waals surface area contributed by atoms with Crippen LogP contribution in [0.4, 0.5) is 0 Å². The Morgan fingerprint density at radius 3 is 1.14 bits per heavy atom. The third kappa shape index (κ3) is 43.3. The molecular weight excluding hydrogens is 733 g/mol. The molecule has 344 valence electrons. The van der Waals surface area contributed by atoms with Crippen LogP contribution in [0.15, 0.2) is 12.2 Å². The minimum atomic E-state index is -0.904. The summed E-state index contributed by atoms with van der Waals surface area (Å²) in [5, 5.41) is 11.2. The highest BCUT2D eigenvalue weighted by Crippen LogP contribution is 2.18. The number of allylic oxidation sites excluding steroid dienone is 2. The normalized spacial score (nSPS) is 12.8. The number of aliphatic hydroxyl groups is 1. The number of ether oxygens (including phenoxy) is 2. The van der Waals surface area contributed by atoms with Gasteiger partial charge in [0, 0.05) is 17.9 Å². The second-order valence-corrected chi connectivity index (χ2v) is 18.5. The monoisotopic (exact) mass is 835 g/mol. The largest absolute Gasteiger partial charge is 0.463 e. The molecule has 5 heteroatoms. The summed E-state index contributed by atoms with van der Waals surface area (Å²) < 4.78 is 11.8. The van der Waals surface area contributed by atoms with Gasteiger partial charge in [0.25, 0.3) is 0 Å². The number of thiocarbonyl (C=S) groups is 1. The lowest BCUT2D eigenvalue weighted by molar-refractivity contribution is -0.148. The van der Waals surface area contributed by atoms with Crippen molar-refractivity contribution >= 4 is 23.1 Å². The van der Waals surface area contributed by atoms with Gasteiger partial charge in [0.2, 0.25) is 0 Å². The van der Waals surface area contributed by atoms with Crippen molar-refractivity contribution in [2.24, 2.45) is 0 Å². The van der Waals surface area contributed by atoms with Gasteiger partial charge in [-0.25, -0.2) is 0 Å². The predicted octanol–water partition coefficient (Wildman–Crippen LogP) is 17.6. The summed E-state index contributed by atoms with van der Waals surface area (Å²) in [6, 6.07) is 0. The lowest BCUT2D eigenvalue weighted by atomic mass is 10.0. The van der Waals surface area contributed by atoms with Crippen LogP contribution in [0.5, 0.6) is 0 Å². The molecule has 0 aliphatic heterocycles. The molecule has 0 amide bonds. The van der Waals surface area contributed by atoms with E-state index in [0.717, 1.165) is 43.4 Å². The van der Waals surface area contributed by atoms with Gasteiger partial charge in [0.05, 0.1) is 0 Å². The summed E-state index contributed by atoms with van der Waals surface area (Å²) >= 11 is 5.87. The molecule has 58 heavy (non-hydrogen) atoms. The summed E-state index contributed by atoms with van der Waals surface area (Å²) in [6.07, 6.45) is 56.3. The van der Waals surface area contributed by atoms with Crippen molar-refractivity contribution in [3.63, 3.8) is 0 Å². The highest BCUT2D eigenvalue weighted by Gasteiger charge is 2.25. The first-order chi connectivity index (χ1) is 28.6. The number of aliphatic hydroxyl groups excluding tert-OH is 1. The molecule has 0 fully saturated rings. The van der Waals surface area contributed by atoms with Crippen LogP contribution in [-0.2, 0) is 14.3 Å². The lowest BCUT2D eigenvalue weighted by Gasteiger charge is -2.24. The summed E-state index contributed by atoms with van der Waals surface area (Å²) in [5.41, 5.74) is 0. The van der Waals surface area contributed by atoms with Crippen molar-refractivity contribution in [2.75, 3.05) is 13.2 Å². The van der Waals surface area contributed by atoms with E-state index in [0.29, 0.717) is 13.0 Å². The second-order valence-electron chi connectivity index (χ2n) is 17.9. The van der Waals surface area contributed by atoms with Gasteiger partial charge in [0.15, 0.2) is 0 Å². The highest BCUT2D eigenvalue weighted by atomic mass is 32.1. The fraction of sp³-hybridized carbons (Fsp3) is 0.925. The molecule has 0 aromatic rings. The summed E-state index contributed by atoms with van der Waals surface area (Å²) in [4.78, 5) is 13.4. The first-order valence-corrected chi connectivity index (χ1v) is 26.6. The zero-order valence-corrected chi connectivity index (χ0v) is 40.3. The molecule has 0 aromatic heterocycles. The first kappa shape index (κ1) is 57.2. The number of carbonyl (C=O) groups excluding carboxylic acids is 1. The van der Waals surface area contributed by atoms with Crippen LogP contribution in [0.1, 0.15) is 290 Å². The molecule has 0 saturated heterocycles. The van der Waals surface area contributed by atoms with Crippen molar-refractivity contribution in [3.8, 4) is 0 Å². The van der Waals surface area contributed by atoms with Gasteiger partial charge in [-0.1, -0.05) is 257 Å². The number of unbranched alkanes of at least 4 members (excludes halogenated alkanes) is 36. The molecule has 0 saturated carbocycles. The summed E-state index contributed by atoms with van der Waals surface area (Å²) in [6.45, 7) is 7.40. The van der Waals surface area contributed by atoms with Crippen LogP contribution in [0.3, 0.4) is 0 Å². The van der Waals surface area contributed by atoms with E-state index in [2.05, 4.69) is 32.9 Å². The zero-order chi connectivity index (χ0) is 42.3. The number of hydrogen-bond acceptors (Lipinski definition) is 5.